The molecule has 6 heteroatoms. The number of carbonyl (C=O) groups excluding carboxylic acids is 1. The normalized spacial score (nSPS) is 10.3. The molecule has 0 aliphatic heterocycles. The van der Waals surface area contributed by atoms with E-state index in [1.54, 1.807) is 25.3 Å². The van der Waals surface area contributed by atoms with Crippen molar-refractivity contribution in [2.75, 3.05) is 26.9 Å². The third-order valence-electron chi connectivity index (χ3n) is 3.95. The molecule has 2 aromatic rings. The first-order valence-electron chi connectivity index (χ1n) is 9.60. The Balaban J connectivity index is 2.09. The van der Waals surface area contributed by atoms with Gasteiger partial charge in [-0.05, 0) is 50.1 Å². The lowest BCUT2D eigenvalue weighted by molar-refractivity contribution is 0.0947. The lowest BCUT2D eigenvalue weighted by atomic mass is 10.1. The lowest BCUT2D eigenvalue weighted by Crippen LogP contribution is -2.23. The summed E-state index contributed by atoms with van der Waals surface area (Å²) in [6, 6.07) is 10.9. The summed E-state index contributed by atoms with van der Waals surface area (Å²) < 4.78 is 22.1. The second-order valence-corrected chi connectivity index (χ2v) is 6.04. The number of ether oxygens (including phenoxy) is 4. The van der Waals surface area contributed by atoms with Gasteiger partial charge in [0.25, 0.3) is 5.91 Å². The molecule has 1 amide bonds. The zero-order valence-electron chi connectivity index (χ0n) is 17.0. The average Bonchev–Trinajstić information content (AvgIpc) is 2.71. The number of amides is 1. The third kappa shape index (κ3) is 5.81. The maximum atomic E-state index is 12.7. The Morgan fingerprint density at radius 1 is 0.893 bits per heavy atom. The summed E-state index contributed by atoms with van der Waals surface area (Å²) in [6.07, 6.45) is 0.922. The van der Waals surface area contributed by atoms with E-state index in [2.05, 4.69) is 5.32 Å². The van der Waals surface area contributed by atoms with Gasteiger partial charge in [0.2, 0.25) is 0 Å². The predicted molar refractivity (Wildman–Crippen MR) is 109 cm³/mol. The Labute approximate surface area is 166 Å². The van der Waals surface area contributed by atoms with Gasteiger partial charge in [-0.1, -0.05) is 13.0 Å². The van der Waals surface area contributed by atoms with Crippen molar-refractivity contribution in [1.29, 1.82) is 0 Å². The maximum absolute atomic E-state index is 12.7. The van der Waals surface area contributed by atoms with E-state index in [0.29, 0.717) is 54.9 Å². The minimum absolute atomic E-state index is 0.211. The van der Waals surface area contributed by atoms with Crippen LogP contribution in [-0.4, -0.2) is 32.8 Å². The van der Waals surface area contributed by atoms with Crippen LogP contribution in [0, 0.1) is 0 Å². The largest absolute Gasteiger partial charge is 0.494 e. The van der Waals surface area contributed by atoms with Crippen LogP contribution in [0.3, 0.4) is 0 Å². The standard InChI is InChI=1S/C22H29NO5/c1-5-12-28-19-11-8-16(13-21(19)25-4)15-23-22(24)18-10-9-17(26-6-2)14-20(18)27-7-3/h8-11,13-14H,5-7,12,15H2,1-4H3,(H,23,24). The molecular weight excluding hydrogens is 358 g/mol. The molecule has 2 aromatic carbocycles. The number of hydrogen-bond donors (Lipinski definition) is 1. The number of methoxy groups -OCH3 is 1. The lowest BCUT2D eigenvalue weighted by Gasteiger charge is -2.14. The van der Waals surface area contributed by atoms with Gasteiger partial charge >= 0.3 is 0 Å². The molecule has 0 spiro atoms. The molecule has 2 rings (SSSR count). The third-order valence-corrected chi connectivity index (χ3v) is 3.95. The van der Waals surface area contributed by atoms with E-state index in [4.69, 9.17) is 18.9 Å². The van der Waals surface area contributed by atoms with E-state index in [1.807, 2.05) is 39.0 Å². The van der Waals surface area contributed by atoms with Gasteiger partial charge in [0.05, 0.1) is 32.5 Å². The average molecular weight is 387 g/mol. The highest BCUT2D eigenvalue weighted by Gasteiger charge is 2.14. The summed E-state index contributed by atoms with van der Waals surface area (Å²) in [5.74, 6) is 2.32. The van der Waals surface area contributed by atoms with Gasteiger partial charge in [-0.25, -0.2) is 0 Å². The maximum Gasteiger partial charge on any atom is 0.255 e. The van der Waals surface area contributed by atoms with Crippen LogP contribution in [0.2, 0.25) is 0 Å². The molecule has 0 fully saturated rings. The first-order valence-corrected chi connectivity index (χ1v) is 9.60. The molecule has 0 heterocycles. The number of rotatable bonds is 11. The first kappa shape index (κ1) is 21.4. The Hall–Kier alpha value is -2.89. The van der Waals surface area contributed by atoms with E-state index in [9.17, 15) is 4.79 Å². The minimum Gasteiger partial charge on any atom is -0.494 e. The van der Waals surface area contributed by atoms with Crippen LogP contribution < -0.4 is 24.3 Å². The smallest absolute Gasteiger partial charge is 0.255 e. The SMILES string of the molecule is CCCOc1ccc(CNC(=O)c2ccc(OCC)cc2OCC)cc1OC. The van der Waals surface area contributed by atoms with Crippen molar-refractivity contribution < 1.29 is 23.7 Å². The van der Waals surface area contributed by atoms with Crippen LogP contribution in [0.4, 0.5) is 0 Å². The van der Waals surface area contributed by atoms with Crippen molar-refractivity contribution in [1.82, 2.24) is 5.32 Å². The van der Waals surface area contributed by atoms with Crippen molar-refractivity contribution in [3.05, 3.63) is 47.5 Å². The van der Waals surface area contributed by atoms with Crippen molar-refractivity contribution >= 4 is 5.91 Å². The van der Waals surface area contributed by atoms with E-state index in [-0.39, 0.29) is 5.91 Å². The zero-order valence-corrected chi connectivity index (χ0v) is 17.0. The van der Waals surface area contributed by atoms with E-state index in [1.165, 1.54) is 0 Å². The van der Waals surface area contributed by atoms with E-state index in [0.717, 1.165) is 12.0 Å². The van der Waals surface area contributed by atoms with Gasteiger partial charge < -0.3 is 24.3 Å². The molecule has 0 aromatic heterocycles. The Bertz CT molecular complexity index is 776. The Morgan fingerprint density at radius 3 is 2.36 bits per heavy atom. The minimum atomic E-state index is -0.211. The van der Waals surface area contributed by atoms with Crippen LogP contribution in [0.25, 0.3) is 0 Å². The first-order chi connectivity index (χ1) is 13.6. The van der Waals surface area contributed by atoms with Crippen LogP contribution in [0.1, 0.15) is 43.1 Å². The second kappa shape index (κ2) is 11.1. The predicted octanol–water partition coefficient (Wildman–Crippen LogP) is 4.21. The van der Waals surface area contributed by atoms with Crippen molar-refractivity contribution in [3.63, 3.8) is 0 Å². The molecule has 0 bridgehead atoms. The summed E-state index contributed by atoms with van der Waals surface area (Å²) in [6.45, 7) is 7.85. The van der Waals surface area contributed by atoms with E-state index < -0.39 is 0 Å². The molecule has 0 radical (unpaired) electrons. The molecular formula is C22H29NO5. The fraction of sp³-hybridized carbons (Fsp3) is 0.409. The second-order valence-electron chi connectivity index (χ2n) is 6.04. The number of benzene rings is 2. The Kier molecular flexibility index (Phi) is 8.46. The van der Waals surface area contributed by atoms with Crippen LogP contribution >= 0.6 is 0 Å². The summed E-state index contributed by atoms with van der Waals surface area (Å²) in [4.78, 5) is 12.7. The quantitative estimate of drug-likeness (QED) is 0.626. The van der Waals surface area contributed by atoms with Gasteiger partial charge in [0.1, 0.15) is 11.5 Å². The van der Waals surface area contributed by atoms with Gasteiger partial charge in [-0.3, -0.25) is 4.79 Å². The van der Waals surface area contributed by atoms with Crippen molar-refractivity contribution in [3.8, 4) is 23.0 Å². The van der Waals surface area contributed by atoms with Crippen LogP contribution in [0.15, 0.2) is 36.4 Å². The Morgan fingerprint density at radius 2 is 1.68 bits per heavy atom. The van der Waals surface area contributed by atoms with Crippen LogP contribution in [-0.2, 0) is 6.54 Å². The molecule has 0 aliphatic carbocycles. The topological polar surface area (TPSA) is 66.0 Å². The van der Waals surface area contributed by atoms with Crippen molar-refractivity contribution in [2.24, 2.45) is 0 Å². The van der Waals surface area contributed by atoms with Crippen molar-refractivity contribution in [2.45, 2.75) is 33.7 Å². The summed E-state index contributed by atoms with van der Waals surface area (Å²) in [5, 5.41) is 2.92. The summed E-state index contributed by atoms with van der Waals surface area (Å²) in [7, 11) is 1.60. The molecule has 0 aliphatic rings. The fourth-order valence-electron chi connectivity index (χ4n) is 2.65. The highest BCUT2D eigenvalue weighted by Crippen LogP contribution is 2.29. The highest BCUT2D eigenvalue weighted by molar-refractivity contribution is 5.97. The van der Waals surface area contributed by atoms with Gasteiger partial charge in [0.15, 0.2) is 11.5 Å². The molecule has 28 heavy (non-hydrogen) atoms. The van der Waals surface area contributed by atoms with Gasteiger partial charge in [-0.2, -0.15) is 0 Å². The van der Waals surface area contributed by atoms with Crippen LogP contribution in [0.5, 0.6) is 23.0 Å². The fourth-order valence-corrected chi connectivity index (χ4v) is 2.65. The monoisotopic (exact) mass is 387 g/mol. The molecule has 0 unspecified atom stereocenters. The molecule has 0 saturated heterocycles. The molecule has 0 atom stereocenters. The van der Waals surface area contributed by atoms with E-state index >= 15 is 0 Å². The molecule has 1 N–H and O–H groups in total. The number of hydrogen-bond acceptors (Lipinski definition) is 5. The molecule has 6 nitrogen and oxygen atoms in total. The molecule has 152 valence electrons. The number of nitrogens with one attached hydrogen (secondary N) is 1. The highest BCUT2D eigenvalue weighted by atomic mass is 16.5. The number of carbonyl (C=O) groups is 1. The molecule has 0 saturated carbocycles. The zero-order chi connectivity index (χ0) is 20.4. The van der Waals surface area contributed by atoms with Gasteiger partial charge in [0, 0.05) is 12.6 Å². The van der Waals surface area contributed by atoms with Gasteiger partial charge in [-0.15, -0.1) is 0 Å². The summed E-state index contributed by atoms with van der Waals surface area (Å²) >= 11 is 0. The summed E-state index contributed by atoms with van der Waals surface area (Å²) in [5.41, 5.74) is 1.39.